The summed E-state index contributed by atoms with van der Waals surface area (Å²) in [4.78, 5) is 16.5. The normalized spacial score (nSPS) is 19.7. The molecule has 1 aromatic carbocycles. The van der Waals surface area contributed by atoms with Crippen LogP contribution in [-0.2, 0) is 4.79 Å². The summed E-state index contributed by atoms with van der Waals surface area (Å²) in [6.45, 7) is 1.04. The fraction of sp³-hybridized carbons (Fsp3) is 0.611. The molecule has 0 aromatic heterocycles. The minimum absolute atomic E-state index is 0.00319. The highest BCUT2D eigenvalue weighted by molar-refractivity contribution is 5.96. The average Bonchev–Trinajstić information content (AvgIpc) is 2.53. The van der Waals surface area contributed by atoms with Gasteiger partial charge in [-0.15, -0.1) is 0 Å². The first-order chi connectivity index (χ1) is 11.0. The lowest BCUT2D eigenvalue weighted by Crippen LogP contribution is -2.43. The van der Waals surface area contributed by atoms with Crippen LogP contribution in [0.4, 0.5) is 11.4 Å². The lowest BCUT2D eigenvalue weighted by molar-refractivity contribution is -0.125. The van der Waals surface area contributed by atoms with E-state index in [4.69, 9.17) is 4.74 Å². The third-order valence-corrected chi connectivity index (χ3v) is 4.89. The molecule has 0 radical (unpaired) electrons. The Balaban J connectivity index is 1.78. The number of rotatable bonds is 3. The third kappa shape index (κ3) is 3.44. The van der Waals surface area contributed by atoms with Gasteiger partial charge >= 0.3 is 0 Å². The number of amides is 1. The summed E-state index contributed by atoms with van der Waals surface area (Å²) in [6, 6.07) is 5.89. The minimum atomic E-state index is -0.822. The molecule has 5 heteroatoms. The van der Waals surface area contributed by atoms with E-state index in [1.807, 2.05) is 37.2 Å². The van der Waals surface area contributed by atoms with Crippen molar-refractivity contribution in [2.24, 2.45) is 0 Å². The summed E-state index contributed by atoms with van der Waals surface area (Å²) < 4.78 is 5.73. The third-order valence-electron chi connectivity index (χ3n) is 4.89. The zero-order valence-electron chi connectivity index (χ0n) is 14.0. The van der Waals surface area contributed by atoms with Crippen molar-refractivity contribution in [2.45, 2.75) is 44.1 Å². The molecule has 1 aromatic rings. The zero-order chi connectivity index (χ0) is 16.4. The van der Waals surface area contributed by atoms with Crippen LogP contribution in [-0.4, -0.2) is 43.9 Å². The molecule has 1 amide bonds. The van der Waals surface area contributed by atoms with Crippen molar-refractivity contribution >= 4 is 17.3 Å². The van der Waals surface area contributed by atoms with Crippen LogP contribution in [0.5, 0.6) is 5.75 Å². The fourth-order valence-electron chi connectivity index (χ4n) is 3.51. The maximum Gasteiger partial charge on any atom is 0.230 e. The van der Waals surface area contributed by atoms with Crippen LogP contribution in [0.25, 0.3) is 0 Å². The van der Waals surface area contributed by atoms with Crippen LogP contribution < -0.4 is 14.5 Å². The smallest absolute Gasteiger partial charge is 0.230 e. The standard InChI is InChI=1S/C18H26N2O3/c1-19(2)14-6-7-15-16(12-14)23-11-10-20(15)17(21)13-18(22)8-4-3-5-9-18/h6-7,12,22H,3-5,8-11,13H2,1-2H3. The molecule has 1 aliphatic heterocycles. The molecule has 1 aliphatic carbocycles. The predicted octanol–water partition coefficient (Wildman–Crippen LogP) is 2.56. The first kappa shape index (κ1) is 16.1. The van der Waals surface area contributed by atoms with Crippen molar-refractivity contribution in [3.63, 3.8) is 0 Å². The summed E-state index contributed by atoms with van der Waals surface area (Å²) >= 11 is 0. The first-order valence-corrected chi connectivity index (χ1v) is 8.45. The molecule has 2 aliphatic rings. The number of benzene rings is 1. The van der Waals surface area contributed by atoms with E-state index in [1.165, 1.54) is 0 Å². The number of anilines is 2. The Labute approximate surface area is 137 Å². The molecule has 126 valence electrons. The van der Waals surface area contributed by atoms with Crippen molar-refractivity contribution in [3.8, 4) is 5.75 Å². The zero-order valence-corrected chi connectivity index (χ0v) is 14.0. The Bertz CT molecular complexity index is 580. The number of ether oxygens (including phenoxy) is 1. The molecule has 5 nitrogen and oxygen atoms in total. The highest BCUT2D eigenvalue weighted by atomic mass is 16.5. The summed E-state index contributed by atoms with van der Waals surface area (Å²) in [5.41, 5.74) is 1.03. The lowest BCUT2D eigenvalue weighted by atomic mass is 9.82. The summed E-state index contributed by atoms with van der Waals surface area (Å²) in [5, 5.41) is 10.7. The SMILES string of the molecule is CN(C)c1ccc2c(c1)OCCN2C(=O)CC1(O)CCCCC1. The Morgan fingerprint density at radius 2 is 2.04 bits per heavy atom. The van der Waals surface area contributed by atoms with Crippen molar-refractivity contribution in [2.75, 3.05) is 37.0 Å². The second kappa shape index (κ2) is 6.40. The predicted molar refractivity (Wildman–Crippen MR) is 91.3 cm³/mol. The van der Waals surface area contributed by atoms with E-state index in [9.17, 15) is 9.90 Å². The van der Waals surface area contributed by atoms with Crippen LogP contribution in [0.1, 0.15) is 38.5 Å². The van der Waals surface area contributed by atoms with Gasteiger partial charge in [0.15, 0.2) is 0 Å². The maximum absolute atomic E-state index is 12.8. The van der Waals surface area contributed by atoms with Gasteiger partial charge in [-0.3, -0.25) is 4.79 Å². The summed E-state index contributed by atoms with van der Waals surface area (Å²) in [6.07, 6.45) is 4.85. The molecule has 23 heavy (non-hydrogen) atoms. The Hall–Kier alpha value is -1.75. The molecular formula is C18H26N2O3. The number of carbonyl (C=O) groups excluding carboxylic acids is 1. The van der Waals surface area contributed by atoms with E-state index in [0.29, 0.717) is 13.2 Å². The van der Waals surface area contributed by atoms with Crippen molar-refractivity contribution in [1.82, 2.24) is 0 Å². The van der Waals surface area contributed by atoms with Gasteiger partial charge < -0.3 is 19.6 Å². The van der Waals surface area contributed by atoms with Gasteiger partial charge in [0.2, 0.25) is 5.91 Å². The molecule has 0 spiro atoms. The molecular weight excluding hydrogens is 292 g/mol. The summed E-state index contributed by atoms with van der Waals surface area (Å²) in [5.74, 6) is 0.739. The molecule has 3 rings (SSSR count). The van der Waals surface area contributed by atoms with Crippen molar-refractivity contribution < 1.29 is 14.6 Å². The highest BCUT2D eigenvalue weighted by Crippen LogP contribution is 2.37. The molecule has 0 saturated heterocycles. The topological polar surface area (TPSA) is 53.0 Å². The number of hydrogen-bond acceptors (Lipinski definition) is 4. The largest absolute Gasteiger partial charge is 0.489 e. The van der Waals surface area contributed by atoms with E-state index >= 15 is 0 Å². The Morgan fingerprint density at radius 1 is 1.30 bits per heavy atom. The Kier molecular flexibility index (Phi) is 4.48. The van der Waals surface area contributed by atoms with Crippen LogP contribution in [0, 0.1) is 0 Å². The minimum Gasteiger partial charge on any atom is -0.489 e. The van der Waals surface area contributed by atoms with Gasteiger partial charge in [0.1, 0.15) is 12.4 Å². The molecule has 0 atom stereocenters. The van der Waals surface area contributed by atoms with Gasteiger partial charge in [-0.05, 0) is 25.0 Å². The molecule has 1 saturated carbocycles. The van der Waals surface area contributed by atoms with E-state index in [1.54, 1.807) is 4.90 Å². The Morgan fingerprint density at radius 3 is 2.74 bits per heavy atom. The monoisotopic (exact) mass is 318 g/mol. The lowest BCUT2D eigenvalue weighted by Gasteiger charge is -2.35. The van der Waals surface area contributed by atoms with Crippen molar-refractivity contribution in [3.05, 3.63) is 18.2 Å². The van der Waals surface area contributed by atoms with Gasteiger partial charge in [-0.1, -0.05) is 19.3 Å². The van der Waals surface area contributed by atoms with Gasteiger partial charge in [0.05, 0.1) is 24.3 Å². The van der Waals surface area contributed by atoms with Crippen LogP contribution in [0.15, 0.2) is 18.2 Å². The summed E-state index contributed by atoms with van der Waals surface area (Å²) in [7, 11) is 3.96. The second-order valence-electron chi connectivity index (χ2n) is 6.90. The number of aliphatic hydroxyl groups is 1. The van der Waals surface area contributed by atoms with Gasteiger partial charge in [0, 0.05) is 25.8 Å². The van der Waals surface area contributed by atoms with Crippen molar-refractivity contribution in [1.29, 1.82) is 0 Å². The number of nitrogens with zero attached hydrogens (tertiary/aromatic N) is 2. The molecule has 0 bridgehead atoms. The second-order valence-corrected chi connectivity index (χ2v) is 6.90. The molecule has 1 N–H and O–H groups in total. The molecule has 0 unspecified atom stereocenters. The van der Waals surface area contributed by atoms with Crippen LogP contribution in [0.2, 0.25) is 0 Å². The van der Waals surface area contributed by atoms with Gasteiger partial charge in [-0.25, -0.2) is 0 Å². The number of carbonyl (C=O) groups is 1. The van der Waals surface area contributed by atoms with E-state index in [2.05, 4.69) is 0 Å². The highest BCUT2D eigenvalue weighted by Gasteiger charge is 2.35. The average molecular weight is 318 g/mol. The molecule has 1 fully saturated rings. The van der Waals surface area contributed by atoms with E-state index in [-0.39, 0.29) is 12.3 Å². The number of fused-ring (bicyclic) bond motifs is 1. The van der Waals surface area contributed by atoms with E-state index in [0.717, 1.165) is 49.2 Å². The van der Waals surface area contributed by atoms with Crippen LogP contribution in [0.3, 0.4) is 0 Å². The molecule has 1 heterocycles. The van der Waals surface area contributed by atoms with Gasteiger partial charge in [0.25, 0.3) is 0 Å². The van der Waals surface area contributed by atoms with Crippen LogP contribution >= 0.6 is 0 Å². The number of hydrogen-bond donors (Lipinski definition) is 1. The van der Waals surface area contributed by atoms with E-state index < -0.39 is 5.60 Å². The fourth-order valence-corrected chi connectivity index (χ4v) is 3.51. The maximum atomic E-state index is 12.8. The quantitative estimate of drug-likeness (QED) is 0.930. The first-order valence-electron chi connectivity index (χ1n) is 8.45. The van der Waals surface area contributed by atoms with Gasteiger partial charge in [-0.2, -0.15) is 0 Å².